The molecule has 0 aliphatic heterocycles. The van der Waals surface area contributed by atoms with Crippen molar-refractivity contribution in [2.75, 3.05) is 0 Å². The van der Waals surface area contributed by atoms with Crippen molar-refractivity contribution in [3.63, 3.8) is 0 Å². The molecule has 0 saturated heterocycles. The van der Waals surface area contributed by atoms with Gasteiger partial charge >= 0.3 is 11.9 Å². The van der Waals surface area contributed by atoms with Crippen LogP contribution < -0.4 is 0 Å². The van der Waals surface area contributed by atoms with Gasteiger partial charge in [0.05, 0.1) is 12.8 Å². The van der Waals surface area contributed by atoms with Crippen LogP contribution in [0.15, 0.2) is 11.6 Å². The van der Waals surface area contributed by atoms with Crippen LogP contribution in [0.25, 0.3) is 0 Å². The molecule has 0 rings (SSSR count). The molecule has 0 aromatic rings. The second-order valence-electron chi connectivity index (χ2n) is 9.70. The molecule has 4 nitrogen and oxygen atoms in total. The molecule has 0 aromatic heterocycles. The zero-order valence-corrected chi connectivity index (χ0v) is 20.5. The number of hydrogen-bond donors (Lipinski definition) is 1. The van der Waals surface area contributed by atoms with E-state index in [1.54, 1.807) is 0 Å². The zero-order chi connectivity index (χ0) is 22.9. The fraction of sp³-hybridized carbons (Fsp3) is 0.846. The molecule has 1 N–H and O–H groups in total. The summed E-state index contributed by atoms with van der Waals surface area (Å²) in [5.41, 5.74) is 1.25. The molecule has 0 radical (unpaired) electrons. The summed E-state index contributed by atoms with van der Waals surface area (Å²) in [4.78, 5) is 22.3. The molecular weight excluding hydrogens is 376 g/mol. The van der Waals surface area contributed by atoms with Crippen molar-refractivity contribution in [2.45, 2.75) is 125 Å². The van der Waals surface area contributed by atoms with E-state index in [9.17, 15) is 9.59 Å². The summed E-state index contributed by atoms with van der Waals surface area (Å²) < 4.78 is 5.39. The SMILES string of the molecule is CCC(/C=C(\C)CCC[C@H](C)CCC[C@H](C)CCCC(C)C)OC(=O)CCC(=O)O. The van der Waals surface area contributed by atoms with E-state index < -0.39 is 11.9 Å². The van der Waals surface area contributed by atoms with Gasteiger partial charge in [-0.1, -0.05) is 85.1 Å². The number of ether oxygens (including phenoxy) is 1. The minimum absolute atomic E-state index is 0.0629. The molecule has 0 heterocycles. The van der Waals surface area contributed by atoms with Gasteiger partial charge in [0.15, 0.2) is 0 Å². The number of carbonyl (C=O) groups excluding carboxylic acids is 1. The standard InChI is InChI=1S/C26H48O4/c1-7-24(30-26(29)18-17-25(27)28)19-23(6)16-10-15-22(5)14-9-13-21(4)12-8-11-20(2)3/h19-22,24H,7-18H2,1-6H3,(H,27,28)/b23-19+/t21-,22-,24?/m1/s1. The third kappa shape index (κ3) is 17.5. The quantitative estimate of drug-likeness (QED) is 0.182. The highest BCUT2D eigenvalue weighted by Gasteiger charge is 2.12. The first-order valence-corrected chi connectivity index (χ1v) is 12.2. The van der Waals surface area contributed by atoms with Crippen LogP contribution >= 0.6 is 0 Å². The third-order valence-corrected chi connectivity index (χ3v) is 5.84. The molecule has 0 amide bonds. The average molecular weight is 425 g/mol. The average Bonchev–Trinajstić information content (AvgIpc) is 2.65. The molecule has 0 bridgehead atoms. The van der Waals surface area contributed by atoms with E-state index in [0.717, 1.165) is 30.6 Å². The molecule has 0 fully saturated rings. The largest absolute Gasteiger partial charge is 0.481 e. The number of esters is 1. The van der Waals surface area contributed by atoms with E-state index in [1.807, 2.05) is 13.0 Å². The van der Waals surface area contributed by atoms with E-state index in [4.69, 9.17) is 9.84 Å². The predicted octanol–water partition coefficient (Wildman–Crippen LogP) is 7.56. The van der Waals surface area contributed by atoms with Crippen LogP contribution in [0.2, 0.25) is 0 Å². The molecule has 0 aliphatic carbocycles. The minimum atomic E-state index is -0.971. The summed E-state index contributed by atoms with van der Waals surface area (Å²) in [6, 6.07) is 0. The molecule has 30 heavy (non-hydrogen) atoms. The van der Waals surface area contributed by atoms with Gasteiger partial charge in [-0.05, 0) is 50.0 Å². The first-order chi connectivity index (χ1) is 14.1. The second kappa shape index (κ2) is 17.4. The Kier molecular flexibility index (Phi) is 16.6. The Morgan fingerprint density at radius 1 is 0.833 bits per heavy atom. The van der Waals surface area contributed by atoms with Crippen LogP contribution in [0.3, 0.4) is 0 Å². The van der Waals surface area contributed by atoms with Crippen LogP contribution in [0.1, 0.15) is 119 Å². The molecule has 4 heteroatoms. The van der Waals surface area contributed by atoms with Crippen molar-refractivity contribution in [2.24, 2.45) is 17.8 Å². The van der Waals surface area contributed by atoms with Gasteiger partial charge in [-0.2, -0.15) is 0 Å². The Labute approximate surface area is 185 Å². The number of carboxylic acid groups (broad SMARTS) is 1. The van der Waals surface area contributed by atoms with Gasteiger partial charge in [0.2, 0.25) is 0 Å². The molecule has 0 aliphatic rings. The fourth-order valence-electron chi connectivity index (χ4n) is 3.78. The number of allylic oxidation sites excluding steroid dienone is 1. The van der Waals surface area contributed by atoms with Gasteiger partial charge in [-0.15, -0.1) is 0 Å². The topological polar surface area (TPSA) is 63.6 Å². The van der Waals surface area contributed by atoms with Crippen LogP contribution in [0.4, 0.5) is 0 Å². The molecule has 3 atom stereocenters. The lowest BCUT2D eigenvalue weighted by molar-refractivity contribution is -0.150. The van der Waals surface area contributed by atoms with E-state index in [1.165, 1.54) is 50.5 Å². The maximum Gasteiger partial charge on any atom is 0.306 e. The maximum absolute atomic E-state index is 11.7. The Bertz CT molecular complexity index is 495. The summed E-state index contributed by atoms with van der Waals surface area (Å²) in [6.07, 6.45) is 13.8. The van der Waals surface area contributed by atoms with Crippen molar-refractivity contribution in [3.8, 4) is 0 Å². The number of rotatable bonds is 18. The van der Waals surface area contributed by atoms with Gasteiger partial charge in [-0.3, -0.25) is 9.59 Å². The van der Waals surface area contributed by atoms with E-state index in [-0.39, 0.29) is 18.9 Å². The minimum Gasteiger partial charge on any atom is -0.481 e. The van der Waals surface area contributed by atoms with Gasteiger partial charge in [-0.25, -0.2) is 0 Å². The molecule has 176 valence electrons. The Balaban J connectivity index is 4.01. The normalized spacial score (nSPS) is 15.1. The lowest BCUT2D eigenvalue weighted by Gasteiger charge is -2.16. The predicted molar refractivity (Wildman–Crippen MR) is 126 cm³/mol. The Hall–Kier alpha value is -1.32. The van der Waals surface area contributed by atoms with Gasteiger partial charge < -0.3 is 9.84 Å². The van der Waals surface area contributed by atoms with Crippen molar-refractivity contribution in [1.29, 1.82) is 0 Å². The molecule has 0 spiro atoms. The van der Waals surface area contributed by atoms with E-state index in [0.29, 0.717) is 6.42 Å². The third-order valence-electron chi connectivity index (χ3n) is 5.84. The van der Waals surface area contributed by atoms with Crippen LogP contribution in [0, 0.1) is 17.8 Å². The molecule has 0 saturated carbocycles. The fourth-order valence-corrected chi connectivity index (χ4v) is 3.78. The summed E-state index contributed by atoms with van der Waals surface area (Å²) in [5.74, 6) is 1.04. The number of hydrogen-bond acceptors (Lipinski definition) is 3. The van der Waals surface area contributed by atoms with Crippen molar-refractivity contribution < 1.29 is 19.4 Å². The van der Waals surface area contributed by atoms with Gasteiger partial charge in [0.25, 0.3) is 0 Å². The Morgan fingerprint density at radius 3 is 1.87 bits per heavy atom. The summed E-state index contributed by atoms with van der Waals surface area (Å²) >= 11 is 0. The van der Waals surface area contributed by atoms with Gasteiger partial charge in [0, 0.05) is 0 Å². The first kappa shape index (κ1) is 28.7. The summed E-state index contributed by atoms with van der Waals surface area (Å²) in [5, 5.41) is 8.65. The van der Waals surface area contributed by atoms with Crippen LogP contribution in [-0.2, 0) is 14.3 Å². The smallest absolute Gasteiger partial charge is 0.306 e. The molecule has 0 aromatic carbocycles. The highest BCUT2D eigenvalue weighted by Crippen LogP contribution is 2.22. The highest BCUT2D eigenvalue weighted by molar-refractivity contribution is 5.76. The first-order valence-electron chi connectivity index (χ1n) is 12.2. The number of carboxylic acids is 1. The zero-order valence-electron chi connectivity index (χ0n) is 20.5. The summed E-state index contributed by atoms with van der Waals surface area (Å²) in [6.45, 7) is 13.4. The lowest BCUT2D eigenvalue weighted by Crippen LogP contribution is -2.16. The van der Waals surface area contributed by atoms with Crippen molar-refractivity contribution >= 4 is 11.9 Å². The van der Waals surface area contributed by atoms with Crippen molar-refractivity contribution in [1.82, 2.24) is 0 Å². The molecular formula is C26H48O4. The monoisotopic (exact) mass is 424 g/mol. The van der Waals surface area contributed by atoms with Crippen molar-refractivity contribution in [3.05, 3.63) is 11.6 Å². The van der Waals surface area contributed by atoms with Crippen LogP contribution in [-0.4, -0.2) is 23.1 Å². The second-order valence-corrected chi connectivity index (χ2v) is 9.70. The lowest BCUT2D eigenvalue weighted by atomic mass is 9.91. The van der Waals surface area contributed by atoms with E-state index in [2.05, 4.69) is 34.6 Å². The van der Waals surface area contributed by atoms with Crippen LogP contribution in [0.5, 0.6) is 0 Å². The summed E-state index contributed by atoms with van der Waals surface area (Å²) in [7, 11) is 0. The Morgan fingerprint density at radius 2 is 1.37 bits per heavy atom. The maximum atomic E-state index is 11.7. The number of carbonyl (C=O) groups is 2. The number of aliphatic carboxylic acids is 1. The highest BCUT2D eigenvalue weighted by atomic mass is 16.5. The molecule has 1 unspecified atom stereocenters. The van der Waals surface area contributed by atoms with E-state index >= 15 is 0 Å². The van der Waals surface area contributed by atoms with Gasteiger partial charge in [0.1, 0.15) is 6.10 Å².